The molecule has 0 saturated heterocycles. The van der Waals surface area contributed by atoms with Crippen LogP contribution in [-0.4, -0.2) is 40.7 Å². The Morgan fingerprint density at radius 3 is 2.44 bits per heavy atom. The summed E-state index contributed by atoms with van der Waals surface area (Å²) >= 11 is 0. The quantitative estimate of drug-likeness (QED) is 0.398. The molecule has 0 spiro atoms. The summed E-state index contributed by atoms with van der Waals surface area (Å²) in [5.74, 6) is -0.754. The fourth-order valence-corrected chi connectivity index (χ4v) is 6.32. The number of fused-ring (bicyclic) bond motifs is 1. The second kappa shape index (κ2) is 8.61. The highest BCUT2D eigenvalue weighted by Gasteiger charge is 2.44. The van der Waals surface area contributed by atoms with Crippen molar-refractivity contribution in [1.82, 2.24) is 14.5 Å². The van der Waals surface area contributed by atoms with Crippen LogP contribution >= 0.6 is 0 Å². The van der Waals surface area contributed by atoms with E-state index in [1.54, 1.807) is 29.9 Å². The Labute approximate surface area is 198 Å². The molecule has 0 radical (unpaired) electrons. The van der Waals surface area contributed by atoms with Crippen molar-refractivity contribution >= 4 is 20.9 Å². The minimum atomic E-state index is -3.55. The van der Waals surface area contributed by atoms with Crippen molar-refractivity contribution < 1.29 is 17.9 Å². The van der Waals surface area contributed by atoms with Crippen LogP contribution in [0.5, 0.6) is 0 Å². The van der Waals surface area contributed by atoms with E-state index in [0.717, 1.165) is 27.7 Å². The van der Waals surface area contributed by atoms with E-state index in [9.17, 15) is 17.9 Å². The van der Waals surface area contributed by atoms with Gasteiger partial charge in [0.2, 0.25) is 10.0 Å². The molecule has 0 aliphatic heterocycles. The lowest BCUT2D eigenvalue weighted by molar-refractivity contribution is 0.180. The first-order chi connectivity index (χ1) is 16.3. The zero-order valence-electron chi connectivity index (χ0n) is 18.7. The van der Waals surface area contributed by atoms with Gasteiger partial charge in [0.1, 0.15) is 5.82 Å². The zero-order chi connectivity index (χ0) is 23.9. The molecule has 0 amide bonds. The first kappa shape index (κ1) is 22.7. The Hall–Kier alpha value is -3.07. The molecule has 2 atom stereocenters. The van der Waals surface area contributed by atoms with Gasteiger partial charge in [-0.2, -0.15) is 5.10 Å². The number of nitrogens with zero attached hydrogens (tertiary/aromatic N) is 2. The monoisotopic (exact) mass is 479 g/mol. The summed E-state index contributed by atoms with van der Waals surface area (Å²) in [6, 6.07) is 21.5. The molecule has 176 valence electrons. The lowest BCUT2D eigenvalue weighted by atomic mass is 9.77. The summed E-state index contributed by atoms with van der Waals surface area (Å²) in [5, 5.41) is 15.4. The van der Waals surface area contributed by atoms with Crippen molar-refractivity contribution in [3.05, 3.63) is 95.9 Å². The van der Waals surface area contributed by atoms with Crippen LogP contribution in [0.4, 0.5) is 4.39 Å². The number of nitrogens with one attached hydrogen (secondary N) is 1. The zero-order valence-corrected chi connectivity index (χ0v) is 19.5. The van der Waals surface area contributed by atoms with Crippen LogP contribution in [0, 0.1) is 5.82 Å². The topological polar surface area (TPSA) is 84.2 Å². The predicted molar refractivity (Wildman–Crippen MR) is 130 cm³/mol. The molecule has 2 unspecified atom stereocenters. The minimum absolute atomic E-state index is 0.315. The fraction of sp³-hybridized carbons (Fsp3) is 0.269. The SMILES string of the molecule is CC(CO)(NS(=O)(=O)C1CC1)C(c1ccccc1)c1ccc2c(cnn2-c2ccc(F)cc2)c1. The van der Waals surface area contributed by atoms with Gasteiger partial charge in [0, 0.05) is 11.3 Å². The van der Waals surface area contributed by atoms with Gasteiger partial charge in [0.15, 0.2) is 0 Å². The molecule has 8 heteroatoms. The van der Waals surface area contributed by atoms with E-state index in [0.29, 0.717) is 12.8 Å². The molecule has 1 fully saturated rings. The van der Waals surface area contributed by atoms with E-state index in [4.69, 9.17) is 0 Å². The number of aromatic nitrogens is 2. The number of benzene rings is 3. The molecule has 0 bridgehead atoms. The Balaban J connectivity index is 1.60. The molecular weight excluding hydrogens is 453 g/mol. The molecule has 5 rings (SSSR count). The Morgan fingerprint density at radius 2 is 1.79 bits per heavy atom. The summed E-state index contributed by atoms with van der Waals surface area (Å²) in [7, 11) is -3.55. The van der Waals surface area contributed by atoms with E-state index in [-0.39, 0.29) is 12.4 Å². The normalized spacial score (nSPS) is 16.9. The van der Waals surface area contributed by atoms with E-state index < -0.39 is 26.7 Å². The molecule has 6 nitrogen and oxygen atoms in total. The first-order valence-electron chi connectivity index (χ1n) is 11.2. The highest BCUT2D eigenvalue weighted by Crippen LogP contribution is 2.38. The van der Waals surface area contributed by atoms with Gasteiger partial charge in [-0.3, -0.25) is 0 Å². The lowest BCUT2D eigenvalue weighted by Crippen LogP contribution is -2.54. The van der Waals surface area contributed by atoms with Crippen LogP contribution in [0.15, 0.2) is 79.0 Å². The maximum Gasteiger partial charge on any atom is 0.215 e. The van der Waals surface area contributed by atoms with Gasteiger partial charge in [-0.1, -0.05) is 36.4 Å². The number of hydrogen-bond donors (Lipinski definition) is 2. The van der Waals surface area contributed by atoms with E-state index in [1.165, 1.54) is 12.1 Å². The summed E-state index contributed by atoms with van der Waals surface area (Å²) in [6.45, 7) is 1.38. The van der Waals surface area contributed by atoms with Gasteiger partial charge in [0.05, 0.1) is 34.8 Å². The maximum atomic E-state index is 13.4. The third-order valence-electron chi connectivity index (χ3n) is 6.43. The standard InChI is InChI=1S/C26H26FN3O3S/c1-26(17-31,29-34(32,33)23-12-13-23)25(18-5-3-2-4-6-18)19-7-14-24-20(15-19)16-28-30(24)22-10-8-21(27)9-11-22/h2-11,14-16,23,25,29,31H,12-13,17H2,1H3. The van der Waals surface area contributed by atoms with Crippen molar-refractivity contribution in [2.45, 2.75) is 36.5 Å². The van der Waals surface area contributed by atoms with E-state index in [2.05, 4.69) is 9.82 Å². The van der Waals surface area contributed by atoms with E-state index >= 15 is 0 Å². The van der Waals surface area contributed by atoms with Crippen LogP contribution < -0.4 is 4.72 Å². The average Bonchev–Trinajstić information content (AvgIpc) is 3.62. The number of hydrogen-bond acceptors (Lipinski definition) is 4. The number of sulfonamides is 1. The van der Waals surface area contributed by atoms with E-state index in [1.807, 2.05) is 48.5 Å². The van der Waals surface area contributed by atoms with Crippen LogP contribution in [0.25, 0.3) is 16.6 Å². The molecule has 3 aromatic carbocycles. The Morgan fingerprint density at radius 1 is 1.09 bits per heavy atom. The van der Waals surface area contributed by atoms with Crippen molar-refractivity contribution in [1.29, 1.82) is 0 Å². The third kappa shape index (κ3) is 4.24. The first-order valence-corrected chi connectivity index (χ1v) is 12.8. The average molecular weight is 480 g/mol. The van der Waals surface area contributed by atoms with Gasteiger partial charge >= 0.3 is 0 Å². The van der Waals surface area contributed by atoms with Crippen LogP contribution in [-0.2, 0) is 10.0 Å². The van der Waals surface area contributed by atoms with Gasteiger partial charge in [-0.05, 0) is 67.3 Å². The summed E-state index contributed by atoms with van der Waals surface area (Å²) < 4.78 is 43.7. The molecule has 4 aromatic rings. The van der Waals surface area contributed by atoms with Crippen LogP contribution in [0.1, 0.15) is 36.8 Å². The fourth-order valence-electron chi connectivity index (χ4n) is 4.56. The van der Waals surface area contributed by atoms with Gasteiger partial charge in [0.25, 0.3) is 0 Å². The molecule has 1 aromatic heterocycles. The Bertz CT molecular complexity index is 1420. The number of aliphatic hydroxyl groups excluding tert-OH is 1. The largest absolute Gasteiger partial charge is 0.394 e. The van der Waals surface area contributed by atoms with Crippen LogP contribution in [0.3, 0.4) is 0 Å². The number of aliphatic hydroxyl groups is 1. The maximum absolute atomic E-state index is 13.4. The molecule has 1 aliphatic carbocycles. The minimum Gasteiger partial charge on any atom is -0.394 e. The van der Waals surface area contributed by atoms with Gasteiger partial charge in [-0.15, -0.1) is 0 Å². The molecule has 1 saturated carbocycles. The summed E-state index contributed by atoms with van der Waals surface area (Å²) in [5.41, 5.74) is 2.17. The molecular formula is C26H26FN3O3S. The lowest BCUT2D eigenvalue weighted by Gasteiger charge is -2.37. The second-order valence-electron chi connectivity index (χ2n) is 9.12. The highest BCUT2D eigenvalue weighted by molar-refractivity contribution is 7.90. The Kier molecular flexibility index (Phi) is 5.75. The molecule has 1 heterocycles. The smallest absolute Gasteiger partial charge is 0.215 e. The van der Waals surface area contributed by atoms with Crippen LogP contribution in [0.2, 0.25) is 0 Å². The predicted octanol–water partition coefficient (Wildman–Crippen LogP) is 4.13. The van der Waals surface area contributed by atoms with Gasteiger partial charge < -0.3 is 5.11 Å². The second-order valence-corrected chi connectivity index (χ2v) is 11.1. The van der Waals surface area contributed by atoms with Crippen molar-refractivity contribution in [3.8, 4) is 5.69 Å². The number of halogens is 1. The molecule has 2 N–H and O–H groups in total. The van der Waals surface area contributed by atoms with Crippen molar-refractivity contribution in [3.63, 3.8) is 0 Å². The molecule has 34 heavy (non-hydrogen) atoms. The molecule has 1 aliphatic rings. The van der Waals surface area contributed by atoms with Crippen molar-refractivity contribution in [2.24, 2.45) is 0 Å². The third-order valence-corrected chi connectivity index (χ3v) is 8.53. The summed E-state index contributed by atoms with van der Waals surface area (Å²) in [4.78, 5) is 0. The van der Waals surface area contributed by atoms with Crippen molar-refractivity contribution in [2.75, 3.05) is 6.61 Å². The summed E-state index contributed by atoms with van der Waals surface area (Å²) in [6.07, 6.45) is 3.01. The van der Waals surface area contributed by atoms with Gasteiger partial charge in [-0.25, -0.2) is 22.2 Å². The number of rotatable bonds is 8. The highest BCUT2D eigenvalue weighted by atomic mass is 32.2.